The first-order valence-corrected chi connectivity index (χ1v) is 11.5. The molecule has 2 aromatic carbocycles. The van der Waals surface area contributed by atoms with Crippen molar-refractivity contribution in [2.45, 2.75) is 49.0 Å². The molecule has 0 bridgehead atoms. The minimum absolute atomic E-state index is 0.218. The number of amides is 1. The number of rotatable bonds is 5. The fourth-order valence-electron chi connectivity index (χ4n) is 4.04. The third-order valence-electron chi connectivity index (χ3n) is 5.77. The van der Waals surface area contributed by atoms with E-state index in [4.69, 9.17) is 4.74 Å². The van der Waals surface area contributed by atoms with E-state index in [0.29, 0.717) is 18.4 Å². The van der Waals surface area contributed by atoms with Crippen LogP contribution in [0.3, 0.4) is 0 Å². The molecule has 2 aliphatic heterocycles. The van der Waals surface area contributed by atoms with E-state index >= 15 is 0 Å². The lowest BCUT2D eigenvalue weighted by Crippen LogP contribution is -2.45. The summed E-state index contributed by atoms with van der Waals surface area (Å²) >= 11 is 1.88. The maximum atomic E-state index is 13.1. The highest BCUT2D eigenvalue weighted by molar-refractivity contribution is 8.00. The fraction of sp³-hybridized carbons (Fsp3) is 0.458. The van der Waals surface area contributed by atoms with Gasteiger partial charge in [-0.15, -0.1) is 11.8 Å². The van der Waals surface area contributed by atoms with Crippen LogP contribution in [-0.2, 0) is 16.1 Å². The number of piperidine rings is 1. The zero-order chi connectivity index (χ0) is 20.1. The molecule has 0 radical (unpaired) electrons. The Morgan fingerprint density at radius 1 is 1.00 bits per heavy atom. The SMILES string of the molecule is CC1CCN(C(=O)CN2CCC(OCc3ccccc3)CC2)c2ccccc2S1. The average molecular weight is 411 g/mol. The molecule has 1 atom stereocenters. The first kappa shape index (κ1) is 20.5. The number of anilines is 1. The van der Waals surface area contributed by atoms with E-state index in [0.717, 1.165) is 44.6 Å². The monoisotopic (exact) mass is 410 g/mol. The largest absolute Gasteiger partial charge is 0.373 e. The molecule has 0 saturated carbocycles. The van der Waals surface area contributed by atoms with Crippen molar-refractivity contribution >= 4 is 23.4 Å². The highest BCUT2D eigenvalue weighted by Crippen LogP contribution is 2.37. The van der Waals surface area contributed by atoms with E-state index in [-0.39, 0.29) is 12.0 Å². The van der Waals surface area contributed by atoms with Gasteiger partial charge in [-0.2, -0.15) is 0 Å². The summed E-state index contributed by atoms with van der Waals surface area (Å²) in [5.41, 5.74) is 2.30. The van der Waals surface area contributed by atoms with Gasteiger partial charge in [-0.05, 0) is 37.0 Å². The molecule has 0 aliphatic carbocycles. The van der Waals surface area contributed by atoms with Crippen LogP contribution in [-0.4, -0.2) is 48.3 Å². The summed E-state index contributed by atoms with van der Waals surface area (Å²) in [6.45, 7) is 6.07. The van der Waals surface area contributed by atoms with Crippen molar-refractivity contribution in [1.29, 1.82) is 0 Å². The summed E-state index contributed by atoms with van der Waals surface area (Å²) in [4.78, 5) is 18.6. The van der Waals surface area contributed by atoms with Crippen molar-refractivity contribution in [3.05, 3.63) is 60.2 Å². The zero-order valence-electron chi connectivity index (χ0n) is 17.1. The van der Waals surface area contributed by atoms with E-state index in [1.807, 2.05) is 40.9 Å². The van der Waals surface area contributed by atoms with Gasteiger partial charge in [-0.1, -0.05) is 49.4 Å². The van der Waals surface area contributed by atoms with E-state index in [9.17, 15) is 4.79 Å². The molecule has 2 aliphatic rings. The number of ether oxygens (including phenoxy) is 1. The first-order valence-electron chi connectivity index (χ1n) is 10.6. The molecule has 4 rings (SSSR count). The van der Waals surface area contributed by atoms with Crippen molar-refractivity contribution in [2.24, 2.45) is 0 Å². The van der Waals surface area contributed by atoms with Crippen molar-refractivity contribution < 1.29 is 9.53 Å². The molecule has 1 unspecified atom stereocenters. The summed E-state index contributed by atoms with van der Waals surface area (Å²) in [6.07, 6.45) is 3.30. The van der Waals surface area contributed by atoms with Gasteiger partial charge >= 0.3 is 0 Å². The molecule has 0 spiro atoms. The van der Waals surface area contributed by atoms with Gasteiger partial charge in [0.05, 0.1) is 24.9 Å². The van der Waals surface area contributed by atoms with Gasteiger partial charge in [0, 0.05) is 29.8 Å². The molecule has 5 heteroatoms. The number of thioether (sulfide) groups is 1. The standard InChI is InChI=1S/C24H30N2O2S/c1-19-11-16-26(22-9-5-6-10-23(22)29-19)24(27)17-25-14-12-21(13-15-25)28-18-20-7-3-2-4-8-20/h2-10,19,21H,11-18H2,1H3. The molecule has 1 saturated heterocycles. The summed E-state index contributed by atoms with van der Waals surface area (Å²) in [6, 6.07) is 18.6. The number of para-hydroxylation sites is 1. The van der Waals surface area contributed by atoms with E-state index in [1.165, 1.54) is 10.5 Å². The third kappa shape index (κ3) is 5.41. The Kier molecular flexibility index (Phi) is 6.90. The summed E-state index contributed by atoms with van der Waals surface area (Å²) in [5, 5.41) is 0.534. The van der Waals surface area contributed by atoms with E-state index in [1.54, 1.807) is 0 Å². The number of fused-ring (bicyclic) bond motifs is 1. The predicted octanol–water partition coefficient (Wildman–Crippen LogP) is 4.59. The lowest BCUT2D eigenvalue weighted by molar-refractivity contribution is -0.120. The molecule has 4 nitrogen and oxygen atoms in total. The highest BCUT2D eigenvalue weighted by atomic mass is 32.2. The molecular formula is C24H30N2O2S. The molecule has 2 heterocycles. The van der Waals surface area contributed by atoms with Gasteiger partial charge in [0.25, 0.3) is 0 Å². The first-order chi connectivity index (χ1) is 14.2. The number of nitrogens with zero attached hydrogens (tertiary/aromatic N) is 2. The Hall–Kier alpha value is -1.82. The van der Waals surface area contributed by atoms with E-state index < -0.39 is 0 Å². The molecule has 1 amide bonds. The predicted molar refractivity (Wildman–Crippen MR) is 119 cm³/mol. The molecule has 29 heavy (non-hydrogen) atoms. The Morgan fingerprint density at radius 3 is 2.52 bits per heavy atom. The fourth-order valence-corrected chi connectivity index (χ4v) is 5.16. The molecule has 0 N–H and O–H groups in total. The quantitative estimate of drug-likeness (QED) is 0.722. The van der Waals surface area contributed by atoms with Gasteiger partial charge in [0.1, 0.15) is 0 Å². The Bertz CT molecular complexity index is 806. The van der Waals surface area contributed by atoms with E-state index in [2.05, 4.69) is 42.2 Å². The second-order valence-electron chi connectivity index (χ2n) is 8.00. The molecule has 154 valence electrons. The number of likely N-dealkylation sites (tertiary alicyclic amines) is 1. The van der Waals surface area contributed by atoms with Crippen LogP contribution >= 0.6 is 11.8 Å². The minimum Gasteiger partial charge on any atom is -0.373 e. The van der Waals surface area contributed by atoms with Gasteiger partial charge in [0.15, 0.2) is 0 Å². The number of carbonyl (C=O) groups is 1. The topological polar surface area (TPSA) is 32.8 Å². The van der Waals surface area contributed by atoms with Crippen molar-refractivity contribution in [3.8, 4) is 0 Å². The molecule has 2 aromatic rings. The number of hydrogen-bond donors (Lipinski definition) is 0. The van der Waals surface area contributed by atoms with Crippen LogP contribution in [0.4, 0.5) is 5.69 Å². The van der Waals surface area contributed by atoms with Crippen LogP contribution in [0, 0.1) is 0 Å². The summed E-state index contributed by atoms with van der Waals surface area (Å²) in [7, 11) is 0. The lowest BCUT2D eigenvalue weighted by Gasteiger charge is -2.33. The average Bonchev–Trinajstić information content (AvgIpc) is 2.92. The van der Waals surface area contributed by atoms with Crippen LogP contribution in [0.5, 0.6) is 0 Å². The van der Waals surface area contributed by atoms with Crippen molar-refractivity contribution in [1.82, 2.24) is 4.90 Å². The maximum absolute atomic E-state index is 13.1. The Morgan fingerprint density at radius 2 is 1.72 bits per heavy atom. The van der Waals surface area contributed by atoms with Crippen LogP contribution < -0.4 is 4.90 Å². The Labute approximate surface area is 178 Å². The summed E-state index contributed by atoms with van der Waals surface area (Å²) in [5.74, 6) is 0.218. The lowest BCUT2D eigenvalue weighted by atomic mass is 10.1. The maximum Gasteiger partial charge on any atom is 0.241 e. The van der Waals surface area contributed by atoms with Gasteiger partial charge in [-0.25, -0.2) is 0 Å². The number of carbonyl (C=O) groups excluding carboxylic acids is 1. The smallest absolute Gasteiger partial charge is 0.241 e. The van der Waals surface area contributed by atoms with Gasteiger partial charge in [0.2, 0.25) is 5.91 Å². The Balaban J connectivity index is 1.29. The van der Waals surface area contributed by atoms with Crippen LogP contribution in [0.15, 0.2) is 59.5 Å². The van der Waals surface area contributed by atoms with Gasteiger partial charge in [-0.3, -0.25) is 9.69 Å². The van der Waals surface area contributed by atoms with Crippen LogP contribution in [0.1, 0.15) is 31.7 Å². The van der Waals surface area contributed by atoms with Crippen LogP contribution in [0.25, 0.3) is 0 Å². The normalized spacial score (nSPS) is 20.9. The number of benzene rings is 2. The molecule has 0 aromatic heterocycles. The summed E-state index contributed by atoms with van der Waals surface area (Å²) < 4.78 is 6.09. The molecular weight excluding hydrogens is 380 g/mol. The number of hydrogen-bond acceptors (Lipinski definition) is 4. The third-order valence-corrected chi connectivity index (χ3v) is 7.00. The zero-order valence-corrected chi connectivity index (χ0v) is 17.9. The van der Waals surface area contributed by atoms with Gasteiger partial charge < -0.3 is 9.64 Å². The van der Waals surface area contributed by atoms with Crippen LogP contribution in [0.2, 0.25) is 0 Å². The molecule has 1 fully saturated rings. The van der Waals surface area contributed by atoms with Crippen molar-refractivity contribution in [3.63, 3.8) is 0 Å². The van der Waals surface area contributed by atoms with Crippen molar-refractivity contribution in [2.75, 3.05) is 31.1 Å². The minimum atomic E-state index is 0.218. The highest BCUT2D eigenvalue weighted by Gasteiger charge is 2.27. The second kappa shape index (κ2) is 9.79. The second-order valence-corrected chi connectivity index (χ2v) is 9.48.